The molecule has 1 aromatic carbocycles. The Kier molecular flexibility index (Phi) is 2.93. The van der Waals surface area contributed by atoms with Crippen LogP contribution in [0.3, 0.4) is 0 Å². The molecule has 0 amide bonds. The smallest absolute Gasteiger partial charge is 0.154 e. The molecule has 0 aliphatic rings. The van der Waals surface area contributed by atoms with Crippen LogP contribution < -0.4 is 0 Å². The van der Waals surface area contributed by atoms with E-state index in [1.54, 1.807) is 41.4 Å². The fourth-order valence-corrected chi connectivity index (χ4v) is 1.93. The van der Waals surface area contributed by atoms with E-state index in [0.29, 0.717) is 22.0 Å². The molecule has 0 saturated heterocycles. The summed E-state index contributed by atoms with van der Waals surface area (Å²) in [5.41, 5.74) is 1.82. The third-order valence-electron chi connectivity index (χ3n) is 2.72. The minimum atomic E-state index is 0.477. The van der Waals surface area contributed by atoms with Gasteiger partial charge in [0, 0.05) is 11.2 Å². The van der Waals surface area contributed by atoms with Crippen LogP contribution in [-0.4, -0.2) is 16.1 Å². The number of aldehydes is 1. The van der Waals surface area contributed by atoms with Gasteiger partial charge in [0.2, 0.25) is 0 Å². The molecule has 0 atom stereocenters. The molecule has 2 heterocycles. The number of nitrogens with zero attached hydrogens (tertiary/aromatic N) is 2. The van der Waals surface area contributed by atoms with E-state index < -0.39 is 0 Å². The van der Waals surface area contributed by atoms with E-state index >= 15 is 0 Å². The summed E-state index contributed by atoms with van der Waals surface area (Å²) in [6.07, 6.45) is 3.97. The van der Waals surface area contributed by atoms with Gasteiger partial charge in [0.1, 0.15) is 5.69 Å². The van der Waals surface area contributed by atoms with E-state index in [9.17, 15) is 4.79 Å². The van der Waals surface area contributed by atoms with Gasteiger partial charge in [-0.05, 0) is 36.4 Å². The highest BCUT2D eigenvalue weighted by Gasteiger charge is 2.13. The molecule has 0 fully saturated rings. The van der Waals surface area contributed by atoms with Gasteiger partial charge in [-0.1, -0.05) is 11.6 Å². The van der Waals surface area contributed by atoms with Crippen molar-refractivity contribution in [2.75, 3.05) is 0 Å². The molecule has 5 heteroatoms. The molecule has 19 heavy (non-hydrogen) atoms. The number of rotatable bonds is 3. The van der Waals surface area contributed by atoms with Crippen LogP contribution in [-0.2, 0) is 0 Å². The van der Waals surface area contributed by atoms with Gasteiger partial charge in [0.15, 0.2) is 12.0 Å². The molecule has 3 rings (SSSR count). The SMILES string of the molecule is O=Cc1cn(-c2ccc(Cl)cc2)nc1-c1ccco1. The van der Waals surface area contributed by atoms with Crippen molar-refractivity contribution in [3.63, 3.8) is 0 Å². The number of furan rings is 1. The molecule has 0 aliphatic carbocycles. The highest BCUT2D eigenvalue weighted by molar-refractivity contribution is 6.30. The second kappa shape index (κ2) is 4.74. The van der Waals surface area contributed by atoms with Crippen molar-refractivity contribution >= 4 is 17.9 Å². The van der Waals surface area contributed by atoms with Crippen molar-refractivity contribution in [3.05, 3.63) is 59.4 Å². The normalized spacial score (nSPS) is 10.6. The van der Waals surface area contributed by atoms with Crippen LogP contribution in [0.4, 0.5) is 0 Å². The average Bonchev–Trinajstić information content (AvgIpc) is 3.08. The van der Waals surface area contributed by atoms with Gasteiger partial charge in [-0.15, -0.1) is 0 Å². The van der Waals surface area contributed by atoms with Crippen LogP contribution >= 0.6 is 11.6 Å². The lowest BCUT2D eigenvalue weighted by atomic mass is 10.2. The molecule has 3 aromatic rings. The molecule has 0 bridgehead atoms. The van der Waals surface area contributed by atoms with Crippen LogP contribution in [0.1, 0.15) is 10.4 Å². The number of benzene rings is 1. The summed E-state index contributed by atoms with van der Waals surface area (Å²) < 4.78 is 6.90. The second-order valence-corrected chi connectivity index (χ2v) is 4.39. The third-order valence-corrected chi connectivity index (χ3v) is 2.97. The van der Waals surface area contributed by atoms with Gasteiger partial charge < -0.3 is 4.42 Å². The largest absolute Gasteiger partial charge is 0.463 e. The van der Waals surface area contributed by atoms with Crippen LogP contribution in [0.15, 0.2) is 53.3 Å². The highest BCUT2D eigenvalue weighted by atomic mass is 35.5. The number of hydrogen-bond donors (Lipinski definition) is 0. The first-order chi connectivity index (χ1) is 9.28. The van der Waals surface area contributed by atoms with Crippen LogP contribution in [0.5, 0.6) is 0 Å². The van der Waals surface area contributed by atoms with Crippen molar-refractivity contribution in [3.8, 4) is 17.1 Å². The molecule has 0 aliphatic heterocycles. The predicted molar refractivity (Wildman–Crippen MR) is 71.7 cm³/mol. The van der Waals surface area contributed by atoms with Crippen LogP contribution in [0, 0.1) is 0 Å². The number of carbonyl (C=O) groups excluding carboxylic acids is 1. The summed E-state index contributed by atoms with van der Waals surface area (Å²) in [5, 5.41) is 5.02. The van der Waals surface area contributed by atoms with E-state index in [2.05, 4.69) is 5.10 Å². The van der Waals surface area contributed by atoms with E-state index in [1.165, 1.54) is 0 Å². The Labute approximate surface area is 114 Å². The molecule has 0 radical (unpaired) electrons. The summed E-state index contributed by atoms with van der Waals surface area (Å²) in [6.45, 7) is 0. The lowest BCUT2D eigenvalue weighted by Gasteiger charge is -2.00. The molecular weight excluding hydrogens is 264 g/mol. The van der Waals surface area contributed by atoms with Gasteiger partial charge in [-0.25, -0.2) is 4.68 Å². The van der Waals surface area contributed by atoms with Crippen molar-refractivity contribution in [2.24, 2.45) is 0 Å². The van der Waals surface area contributed by atoms with E-state index in [0.717, 1.165) is 12.0 Å². The van der Waals surface area contributed by atoms with Crippen molar-refractivity contribution in [1.82, 2.24) is 9.78 Å². The van der Waals surface area contributed by atoms with E-state index in [1.807, 2.05) is 12.1 Å². The zero-order chi connectivity index (χ0) is 13.2. The molecule has 2 aromatic heterocycles. The van der Waals surface area contributed by atoms with E-state index in [-0.39, 0.29) is 0 Å². The molecular formula is C14H9ClN2O2. The first kappa shape index (κ1) is 11.7. The van der Waals surface area contributed by atoms with Gasteiger partial charge in [-0.2, -0.15) is 5.10 Å². The average molecular weight is 273 g/mol. The van der Waals surface area contributed by atoms with Gasteiger partial charge in [0.25, 0.3) is 0 Å². The van der Waals surface area contributed by atoms with Gasteiger partial charge in [0.05, 0.1) is 17.5 Å². The van der Waals surface area contributed by atoms with Gasteiger partial charge >= 0.3 is 0 Å². The molecule has 0 N–H and O–H groups in total. The van der Waals surface area contributed by atoms with Crippen molar-refractivity contribution in [1.29, 1.82) is 0 Å². The number of halogens is 1. The maximum absolute atomic E-state index is 11.1. The Bertz CT molecular complexity index is 700. The third kappa shape index (κ3) is 2.18. The fraction of sp³-hybridized carbons (Fsp3) is 0. The highest BCUT2D eigenvalue weighted by Crippen LogP contribution is 2.23. The lowest BCUT2D eigenvalue weighted by Crippen LogP contribution is -1.93. The van der Waals surface area contributed by atoms with Crippen LogP contribution in [0.25, 0.3) is 17.1 Å². The van der Waals surface area contributed by atoms with Crippen molar-refractivity contribution < 1.29 is 9.21 Å². The minimum Gasteiger partial charge on any atom is -0.463 e. The predicted octanol–water partition coefficient (Wildman–Crippen LogP) is 3.60. The lowest BCUT2D eigenvalue weighted by molar-refractivity contribution is 0.112. The Morgan fingerprint density at radius 3 is 2.63 bits per heavy atom. The first-order valence-electron chi connectivity index (χ1n) is 5.62. The molecule has 0 unspecified atom stereocenters. The standard InChI is InChI=1S/C14H9ClN2O2/c15-11-3-5-12(6-4-11)17-8-10(9-18)14(16-17)13-2-1-7-19-13/h1-9H. The summed E-state index contributed by atoms with van der Waals surface area (Å²) in [4.78, 5) is 11.1. The zero-order valence-corrected chi connectivity index (χ0v) is 10.5. The molecule has 94 valence electrons. The van der Waals surface area contributed by atoms with E-state index in [4.69, 9.17) is 16.0 Å². The molecule has 0 saturated carbocycles. The Morgan fingerprint density at radius 2 is 2.00 bits per heavy atom. The quantitative estimate of drug-likeness (QED) is 0.685. The summed E-state index contributed by atoms with van der Waals surface area (Å²) >= 11 is 5.84. The maximum Gasteiger partial charge on any atom is 0.154 e. The first-order valence-corrected chi connectivity index (χ1v) is 6.00. The summed E-state index contributed by atoms with van der Waals surface area (Å²) in [5.74, 6) is 0.565. The van der Waals surface area contributed by atoms with Crippen molar-refractivity contribution in [2.45, 2.75) is 0 Å². The topological polar surface area (TPSA) is 48.0 Å². The number of aromatic nitrogens is 2. The molecule has 4 nitrogen and oxygen atoms in total. The minimum absolute atomic E-state index is 0.477. The molecule has 0 spiro atoms. The number of hydrogen-bond acceptors (Lipinski definition) is 3. The number of carbonyl (C=O) groups is 1. The summed E-state index contributed by atoms with van der Waals surface area (Å²) in [6, 6.07) is 10.7. The fourth-order valence-electron chi connectivity index (χ4n) is 1.80. The van der Waals surface area contributed by atoms with Crippen LogP contribution in [0.2, 0.25) is 5.02 Å². The Balaban J connectivity index is 2.09. The Morgan fingerprint density at radius 1 is 1.21 bits per heavy atom. The summed E-state index contributed by atoms with van der Waals surface area (Å²) in [7, 11) is 0. The zero-order valence-electron chi connectivity index (χ0n) is 9.79. The Hall–Kier alpha value is -2.33. The van der Waals surface area contributed by atoms with Gasteiger partial charge in [-0.3, -0.25) is 4.79 Å². The monoisotopic (exact) mass is 272 g/mol. The maximum atomic E-state index is 11.1. The second-order valence-electron chi connectivity index (χ2n) is 3.95.